The predicted octanol–water partition coefficient (Wildman–Crippen LogP) is 2.60. The van der Waals surface area contributed by atoms with Gasteiger partial charge in [-0.25, -0.2) is 4.21 Å². The largest absolute Gasteiger partial charge is 0.416 e. The van der Waals surface area contributed by atoms with Crippen LogP contribution in [0.2, 0.25) is 0 Å². The van der Waals surface area contributed by atoms with Crippen LogP contribution in [-0.4, -0.2) is 26.6 Å². The van der Waals surface area contributed by atoms with Gasteiger partial charge in [0.2, 0.25) is 0 Å². The summed E-state index contributed by atoms with van der Waals surface area (Å²) in [6, 6.07) is 4.86. The molecular formula is C15H12F3NO4S. The van der Waals surface area contributed by atoms with Crippen molar-refractivity contribution < 1.29 is 31.5 Å². The van der Waals surface area contributed by atoms with Gasteiger partial charge in [0.05, 0.1) is 22.8 Å². The molecule has 1 aromatic rings. The molecule has 1 fully saturated rings. The van der Waals surface area contributed by atoms with Crippen LogP contribution in [0.15, 0.2) is 24.3 Å². The van der Waals surface area contributed by atoms with Gasteiger partial charge >= 0.3 is 6.18 Å². The van der Waals surface area contributed by atoms with Crippen molar-refractivity contribution in [1.29, 1.82) is 5.26 Å². The lowest BCUT2D eigenvalue weighted by Crippen LogP contribution is -2.44. The number of benzene rings is 1. The molecular weight excluding hydrogens is 347 g/mol. The van der Waals surface area contributed by atoms with Crippen LogP contribution in [0.4, 0.5) is 13.2 Å². The summed E-state index contributed by atoms with van der Waals surface area (Å²) in [4.78, 5) is 24.1. The number of nitrogens with zero attached hydrogens (tertiary/aromatic N) is 1. The molecule has 0 bridgehead atoms. The fourth-order valence-corrected chi connectivity index (χ4v) is 3.51. The average molecular weight is 359 g/mol. The normalized spacial score (nSPS) is 19.6. The number of ketones is 1. The maximum Gasteiger partial charge on any atom is 0.416 e. The second-order valence-electron chi connectivity index (χ2n) is 5.66. The van der Waals surface area contributed by atoms with Gasteiger partial charge in [-0.3, -0.25) is 4.79 Å². The standard InChI is InChI=1S/C15H12F3NO4S/c16-15(17,18)11-3-1-10(2-4-11)12(21)14(7-19,9-24(22)23)13(8-20)5-6-13/h1-4,8H,5-6,9H2,(H,22,23). The first-order valence-electron chi connectivity index (χ1n) is 6.79. The Morgan fingerprint density at radius 2 is 1.88 bits per heavy atom. The third-order valence-corrected chi connectivity index (χ3v) is 4.94. The summed E-state index contributed by atoms with van der Waals surface area (Å²) in [5.41, 5.74) is -4.64. The highest BCUT2D eigenvalue weighted by Gasteiger charge is 2.65. The van der Waals surface area contributed by atoms with E-state index in [0.29, 0.717) is 18.4 Å². The van der Waals surface area contributed by atoms with Crippen LogP contribution in [0.5, 0.6) is 0 Å². The molecule has 24 heavy (non-hydrogen) atoms. The van der Waals surface area contributed by atoms with Gasteiger partial charge in [0, 0.05) is 5.56 Å². The van der Waals surface area contributed by atoms with Gasteiger partial charge in [-0.1, -0.05) is 12.1 Å². The van der Waals surface area contributed by atoms with Gasteiger partial charge in [-0.15, -0.1) is 0 Å². The topological polar surface area (TPSA) is 95.2 Å². The average Bonchev–Trinajstić information content (AvgIpc) is 3.32. The van der Waals surface area contributed by atoms with E-state index in [2.05, 4.69) is 0 Å². The fourth-order valence-electron chi connectivity index (χ4n) is 2.65. The molecule has 0 heterocycles. The molecule has 128 valence electrons. The van der Waals surface area contributed by atoms with Crippen LogP contribution >= 0.6 is 0 Å². The maximum atomic E-state index is 12.7. The van der Waals surface area contributed by atoms with Crippen molar-refractivity contribution in [2.45, 2.75) is 19.0 Å². The highest BCUT2D eigenvalue weighted by atomic mass is 32.2. The number of nitriles is 1. The summed E-state index contributed by atoms with van der Waals surface area (Å²) >= 11 is -2.54. The van der Waals surface area contributed by atoms with Crippen LogP contribution in [0.25, 0.3) is 0 Å². The van der Waals surface area contributed by atoms with Gasteiger partial charge < -0.3 is 9.35 Å². The monoisotopic (exact) mass is 359 g/mol. The highest BCUT2D eigenvalue weighted by molar-refractivity contribution is 7.79. The molecule has 0 radical (unpaired) electrons. The lowest BCUT2D eigenvalue weighted by atomic mass is 9.70. The van der Waals surface area contributed by atoms with Crippen molar-refractivity contribution in [1.82, 2.24) is 0 Å². The Bertz CT molecular complexity index is 735. The van der Waals surface area contributed by atoms with E-state index in [0.717, 1.165) is 12.1 Å². The number of hydrogen-bond acceptors (Lipinski definition) is 4. The Morgan fingerprint density at radius 3 is 2.21 bits per heavy atom. The Balaban J connectivity index is 2.48. The molecule has 1 aliphatic rings. The lowest BCUT2D eigenvalue weighted by Gasteiger charge is -2.29. The van der Waals surface area contributed by atoms with E-state index >= 15 is 0 Å². The second-order valence-corrected chi connectivity index (χ2v) is 6.59. The van der Waals surface area contributed by atoms with Gasteiger partial charge in [0.15, 0.2) is 16.9 Å². The van der Waals surface area contributed by atoms with Crippen LogP contribution in [0.3, 0.4) is 0 Å². The zero-order valence-electron chi connectivity index (χ0n) is 12.2. The highest BCUT2D eigenvalue weighted by Crippen LogP contribution is 2.58. The van der Waals surface area contributed by atoms with Gasteiger partial charge in [0.1, 0.15) is 11.7 Å². The SMILES string of the molecule is N#CC(CS(=O)O)(C(=O)c1ccc(C(F)(F)F)cc1)C1(C=O)CC1. The van der Waals surface area contributed by atoms with Crippen molar-refractivity contribution in [3.05, 3.63) is 35.4 Å². The van der Waals surface area contributed by atoms with Crippen LogP contribution in [0.1, 0.15) is 28.8 Å². The summed E-state index contributed by atoms with van der Waals surface area (Å²) in [5.74, 6) is -1.70. The number of alkyl halides is 3. The van der Waals surface area contributed by atoms with Crippen LogP contribution < -0.4 is 0 Å². The van der Waals surface area contributed by atoms with Crippen molar-refractivity contribution in [3.8, 4) is 6.07 Å². The molecule has 0 aliphatic heterocycles. The Hall–Kier alpha value is -2.05. The first kappa shape index (κ1) is 18.3. The molecule has 1 aliphatic carbocycles. The van der Waals surface area contributed by atoms with E-state index < -0.39 is 45.2 Å². The number of rotatable bonds is 6. The molecule has 2 unspecified atom stereocenters. The lowest BCUT2D eigenvalue weighted by molar-refractivity contribution is -0.137. The number of halogens is 3. The van der Waals surface area contributed by atoms with Gasteiger partial charge in [-0.2, -0.15) is 18.4 Å². The van der Waals surface area contributed by atoms with E-state index in [1.165, 1.54) is 0 Å². The van der Waals surface area contributed by atoms with Crippen molar-refractivity contribution in [2.24, 2.45) is 10.8 Å². The number of hydrogen-bond donors (Lipinski definition) is 1. The molecule has 0 amide bonds. The van der Waals surface area contributed by atoms with Crippen LogP contribution in [-0.2, 0) is 22.1 Å². The first-order valence-corrected chi connectivity index (χ1v) is 8.06. The summed E-state index contributed by atoms with van der Waals surface area (Å²) < 4.78 is 58.2. The van der Waals surface area contributed by atoms with Crippen LogP contribution in [0, 0.1) is 22.2 Å². The third kappa shape index (κ3) is 2.99. The predicted molar refractivity (Wildman–Crippen MR) is 77.2 cm³/mol. The van der Waals surface area contributed by atoms with E-state index in [1.54, 1.807) is 6.07 Å². The molecule has 1 saturated carbocycles. The van der Waals surface area contributed by atoms with E-state index in [4.69, 9.17) is 4.55 Å². The molecule has 0 saturated heterocycles. The second kappa shape index (κ2) is 6.11. The van der Waals surface area contributed by atoms with Crippen molar-refractivity contribution in [3.63, 3.8) is 0 Å². The molecule has 0 aromatic heterocycles. The van der Waals surface area contributed by atoms with E-state index in [-0.39, 0.29) is 18.4 Å². The summed E-state index contributed by atoms with van der Waals surface area (Å²) in [6.07, 6.45) is -3.76. The molecule has 9 heteroatoms. The van der Waals surface area contributed by atoms with Gasteiger partial charge in [0.25, 0.3) is 0 Å². The molecule has 1 N–H and O–H groups in total. The number of Topliss-reactive ketones (excluding diaryl/α,β-unsaturated/α-hetero) is 1. The van der Waals surface area contributed by atoms with E-state index in [1.807, 2.05) is 0 Å². The summed E-state index contributed by atoms with van der Waals surface area (Å²) in [5, 5.41) is 9.49. The molecule has 1 aromatic carbocycles. The molecule has 0 spiro atoms. The van der Waals surface area contributed by atoms with Gasteiger partial charge in [-0.05, 0) is 25.0 Å². The number of carbonyl (C=O) groups is 2. The Labute approximate surface area is 137 Å². The maximum absolute atomic E-state index is 12.7. The zero-order chi connectivity index (χ0) is 18.2. The minimum absolute atomic E-state index is 0.202. The zero-order valence-corrected chi connectivity index (χ0v) is 13.0. The molecule has 2 rings (SSSR count). The molecule has 5 nitrogen and oxygen atoms in total. The van der Waals surface area contributed by atoms with E-state index in [9.17, 15) is 32.2 Å². The summed E-state index contributed by atoms with van der Waals surface area (Å²) in [7, 11) is 0. The fraction of sp³-hybridized carbons (Fsp3) is 0.400. The minimum Gasteiger partial charge on any atom is -0.306 e. The Kier molecular flexibility index (Phi) is 4.65. The Morgan fingerprint density at radius 1 is 1.33 bits per heavy atom. The number of aldehydes is 1. The third-order valence-electron chi connectivity index (χ3n) is 4.26. The summed E-state index contributed by atoms with van der Waals surface area (Å²) in [6.45, 7) is 0. The minimum atomic E-state index is -4.58. The smallest absolute Gasteiger partial charge is 0.306 e. The van der Waals surface area contributed by atoms with Crippen molar-refractivity contribution >= 4 is 23.1 Å². The molecule has 2 atom stereocenters. The first-order chi connectivity index (χ1) is 11.1. The number of carbonyl (C=O) groups excluding carboxylic acids is 2. The van der Waals surface area contributed by atoms with Crippen molar-refractivity contribution in [2.75, 3.05) is 5.75 Å². The quantitative estimate of drug-likeness (QED) is 0.478.